The minimum atomic E-state index is -0.389. The molecule has 0 aromatic heterocycles. The van der Waals surface area contributed by atoms with Gasteiger partial charge in [0.05, 0.1) is 0 Å². The van der Waals surface area contributed by atoms with Gasteiger partial charge < -0.3 is 10.1 Å². The molecule has 0 aliphatic carbocycles. The third kappa shape index (κ3) is 4.26. The lowest BCUT2D eigenvalue weighted by atomic mass is 10.1. The topological polar surface area (TPSA) is 21.3 Å². The van der Waals surface area contributed by atoms with Crippen LogP contribution in [0.2, 0.25) is 0 Å². The van der Waals surface area contributed by atoms with Crippen LogP contribution in [0.5, 0.6) is 5.75 Å². The van der Waals surface area contributed by atoms with E-state index in [0.717, 1.165) is 17.7 Å². The molecule has 1 N–H and O–H groups in total. The summed E-state index contributed by atoms with van der Waals surface area (Å²) in [5.41, 5.74) is 1.67. The molecule has 0 amide bonds. The van der Waals surface area contributed by atoms with E-state index in [2.05, 4.69) is 5.32 Å². The van der Waals surface area contributed by atoms with Gasteiger partial charge in [-0.15, -0.1) is 0 Å². The molecule has 2 aromatic carbocycles. The Morgan fingerprint density at radius 2 is 1.81 bits per heavy atom. The predicted octanol–water partition coefficient (Wildman–Crippen LogP) is 4.21. The minimum Gasteiger partial charge on any atom is -0.486 e. The maximum absolute atomic E-state index is 14.0. The Kier molecular flexibility index (Phi) is 5.28. The first-order chi connectivity index (χ1) is 10.1. The van der Waals surface area contributed by atoms with Crippen LogP contribution in [-0.2, 0) is 6.61 Å². The van der Waals surface area contributed by atoms with Crippen LogP contribution in [0.1, 0.15) is 31.0 Å². The highest BCUT2D eigenvalue weighted by Gasteiger charge is 2.09. The van der Waals surface area contributed by atoms with Crippen molar-refractivity contribution in [2.24, 2.45) is 0 Å². The van der Waals surface area contributed by atoms with Crippen LogP contribution in [0, 0.1) is 11.6 Å². The van der Waals surface area contributed by atoms with Crippen molar-refractivity contribution in [3.05, 3.63) is 65.2 Å². The van der Waals surface area contributed by atoms with Crippen LogP contribution in [0.15, 0.2) is 42.5 Å². The molecule has 0 aliphatic heterocycles. The van der Waals surface area contributed by atoms with E-state index in [1.54, 1.807) is 18.2 Å². The number of halogens is 2. The Morgan fingerprint density at radius 3 is 2.43 bits per heavy atom. The number of rotatable bonds is 6. The lowest BCUT2D eigenvalue weighted by Gasteiger charge is -2.14. The highest BCUT2D eigenvalue weighted by molar-refractivity contribution is 5.31. The summed E-state index contributed by atoms with van der Waals surface area (Å²) < 4.78 is 32.2. The van der Waals surface area contributed by atoms with Crippen LogP contribution in [0.25, 0.3) is 0 Å². The van der Waals surface area contributed by atoms with Crippen molar-refractivity contribution in [1.82, 2.24) is 5.32 Å². The van der Waals surface area contributed by atoms with E-state index < -0.39 is 0 Å². The molecule has 1 atom stereocenters. The molecule has 0 fully saturated rings. The Hall–Kier alpha value is -1.94. The summed E-state index contributed by atoms with van der Waals surface area (Å²) in [6.07, 6.45) is 0. The van der Waals surface area contributed by atoms with Crippen molar-refractivity contribution in [3.63, 3.8) is 0 Å². The fourth-order valence-electron chi connectivity index (χ4n) is 2.07. The zero-order valence-electron chi connectivity index (χ0n) is 12.2. The molecule has 2 rings (SSSR count). The Labute approximate surface area is 123 Å². The molecular weight excluding hydrogens is 272 g/mol. The number of nitrogens with one attached hydrogen (secondary N) is 1. The van der Waals surface area contributed by atoms with Crippen LogP contribution in [-0.4, -0.2) is 6.54 Å². The van der Waals surface area contributed by atoms with Gasteiger partial charge in [0.1, 0.15) is 12.4 Å². The van der Waals surface area contributed by atoms with Crippen LogP contribution in [0.3, 0.4) is 0 Å². The van der Waals surface area contributed by atoms with E-state index in [4.69, 9.17) is 4.74 Å². The summed E-state index contributed by atoms with van der Waals surface area (Å²) in [5.74, 6) is -0.488. The van der Waals surface area contributed by atoms with Crippen LogP contribution in [0.4, 0.5) is 8.78 Å². The zero-order valence-corrected chi connectivity index (χ0v) is 12.2. The number of ether oxygens (including phenoxy) is 1. The first-order valence-electron chi connectivity index (χ1n) is 7.00. The van der Waals surface area contributed by atoms with Crippen molar-refractivity contribution in [1.29, 1.82) is 0 Å². The normalized spacial score (nSPS) is 12.2. The van der Waals surface area contributed by atoms with Gasteiger partial charge in [-0.05, 0) is 48.9 Å². The quantitative estimate of drug-likeness (QED) is 0.860. The standard InChI is InChI=1S/C17H19F2NO/c1-3-20-12(2)14-6-9-17(16(19)10-14)21-11-13-4-7-15(18)8-5-13/h4-10,12,20H,3,11H2,1-2H3. The van der Waals surface area contributed by atoms with Gasteiger partial charge in [-0.25, -0.2) is 8.78 Å². The van der Waals surface area contributed by atoms with Gasteiger partial charge >= 0.3 is 0 Å². The van der Waals surface area contributed by atoms with E-state index in [1.807, 2.05) is 19.9 Å². The minimum absolute atomic E-state index is 0.0932. The third-order valence-corrected chi connectivity index (χ3v) is 3.27. The summed E-state index contributed by atoms with van der Waals surface area (Å²) in [6.45, 7) is 5.02. The smallest absolute Gasteiger partial charge is 0.165 e. The van der Waals surface area contributed by atoms with E-state index in [0.29, 0.717) is 0 Å². The molecule has 0 saturated carbocycles. The second-order valence-electron chi connectivity index (χ2n) is 4.88. The van der Waals surface area contributed by atoms with Crippen molar-refractivity contribution >= 4 is 0 Å². The average molecular weight is 291 g/mol. The van der Waals surface area contributed by atoms with Crippen molar-refractivity contribution in [2.75, 3.05) is 6.54 Å². The molecule has 112 valence electrons. The second kappa shape index (κ2) is 7.18. The SMILES string of the molecule is CCNC(C)c1ccc(OCc2ccc(F)cc2)c(F)c1. The molecule has 0 aliphatic rings. The van der Waals surface area contributed by atoms with Crippen molar-refractivity contribution in [3.8, 4) is 5.75 Å². The van der Waals surface area contributed by atoms with Crippen molar-refractivity contribution in [2.45, 2.75) is 26.5 Å². The molecule has 4 heteroatoms. The fraction of sp³-hybridized carbons (Fsp3) is 0.294. The average Bonchev–Trinajstić information content (AvgIpc) is 2.48. The highest BCUT2D eigenvalue weighted by Crippen LogP contribution is 2.23. The predicted molar refractivity (Wildman–Crippen MR) is 79.2 cm³/mol. The first-order valence-corrected chi connectivity index (χ1v) is 7.00. The lowest BCUT2D eigenvalue weighted by molar-refractivity contribution is 0.290. The van der Waals surface area contributed by atoms with Crippen LogP contribution >= 0.6 is 0 Å². The largest absolute Gasteiger partial charge is 0.486 e. The molecule has 2 aromatic rings. The van der Waals surface area contributed by atoms with Gasteiger partial charge in [0, 0.05) is 6.04 Å². The summed E-state index contributed by atoms with van der Waals surface area (Å²) >= 11 is 0. The van der Waals surface area contributed by atoms with E-state index in [9.17, 15) is 8.78 Å². The number of benzene rings is 2. The lowest BCUT2D eigenvalue weighted by Crippen LogP contribution is -2.17. The molecule has 21 heavy (non-hydrogen) atoms. The maximum Gasteiger partial charge on any atom is 0.165 e. The molecular formula is C17H19F2NO. The van der Waals surface area contributed by atoms with Gasteiger partial charge in [0.25, 0.3) is 0 Å². The third-order valence-electron chi connectivity index (χ3n) is 3.27. The summed E-state index contributed by atoms with van der Waals surface area (Å²) in [4.78, 5) is 0. The van der Waals surface area contributed by atoms with Gasteiger partial charge in [-0.2, -0.15) is 0 Å². The molecule has 0 radical (unpaired) electrons. The van der Waals surface area contributed by atoms with Crippen LogP contribution < -0.4 is 10.1 Å². The summed E-state index contributed by atoms with van der Waals surface area (Å²) in [6, 6.07) is 11.0. The molecule has 0 saturated heterocycles. The zero-order chi connectivity index (χ0) is 15.2. The monoisotopic (exact) mass is 291 g/mol. The fourth-order valence-corrected chi connectivity index (χ4v) is 2.07. The molecule has 0 bridgehead atoms. The van der Waals surface area contributed by atoms with E-state index in [-0.39, 0.29) is 30.0 Å². The number of hydrogen-bond donors (Lipinski definition) is 1. The molecule has 0 heterocycles. The van der Waals surface area contributed by atoms with E-state index in [1.165, 1.54) is 18.2 Å². The first kappa shape index (κ1) is 15.4. The van der Waals surface area contributed by atoms with Gasteiger partial charge in [0.2, 0.25) is 0 Å². The summed E-state index contributed by atoms with van der Waals surface area (Å²) in [5, 5.41) is 3.23. The Balaban J connectivity index is 2.02. The van der Waals surface area contributed by atoms with Gasteiger partial charge in [0.15, 0.2) is 11.6 Å². The van der Waals surface area contributed by atoms with Gasteiger partial charge in [-0.1, -0.05) is 25.1 Å². The summed E-state index contributed by atoms with van der Waals surface area (Å²) in [7, 11) is 0. The Bertz CT molecular complexity index is 584. The Morgan fingerprint density at radius 1 is 1.10 bits per heavy atom. The maximum atomic E-state index is 14.0. The van der Waals surface area contributed by atoms with Crippen molar-refractivity contribution < 1.29 is 13.5 Å². The molecule has 1 unspecified atom stereocenters. The number of hydrogen-bond acceptors (Lipinski definition) is 2. The molecule has 2 nitrogen and oxygen atoms in total. The molecule has 0 spiro atoms. The highest BCUT2D eigenvalue weighted by atomic mass is 19.1. The van der Waals surface area contributed by atoms with Gasteiger partial charge in [-0.3, -0.25) is 0 Å². The van der Waals surface area contributed by atoms with E-state index >= 15 is 0 Å². The second-order valence-corrected chi connectivity index (χ2v) is 4.88.